The molecule has 8 heteroatoms. The minimum atomic E-state index is -3.08. The van der Waals surface area contributed by atoms with Crippen molar-refractivity contribution < 1.29 is 18.0 Å². The topological polar surface area (TPSA) is 57.7 Å². The lowest BCUT2D eigenvalue weighted by Crippen LogP contribution is -2.41. The molecule has 0 fully saturated rings. The summed E-state index contributed by atoms with van der Waals surface area (Å²) < 4.78 is 29.4. The molecule has 0 saturated carbocycles. The number of thiazole rings is 1. The summed E-state index contributed by atoms with van der Waals surface area (Å²) in [4.78, 5) is 4.56. The zero-order chi connectivity index (χ0) is 18.4. The highest BCUT2D eigenvalue weighted by Gasteiger charge is 2.36. The van der Waals surface area contributed by atoms with E-state index in [0.717, 1.165) is 17.1 Å². The van der Waals surface area contributed by atoms with E-state index in [9.17, 15) is 4.57 Å². The number of nitrogens with zero attached hydrogens (tertiary/aromatic N) is 1. The van der Waals surface area contributed by atoms with Crippen LogP contribution in [0, 0.1) is 0 Å². The molecule has 0 aromatic carbocycles. The Morgan fingerprint density at radius 2 is 1.79 bits per heavy atom. The van der Waals surface area contributed by atoms with Gasteiger partial charge in [-0.15, -0.1) is 11.3 Å². The smallest absolute Gasteiger partial charge is 0.336 e. The van der Waals surface area contributed by atoms with Gasteiger partial charge in [-0.1, -0.05) is 20.8 Å². The summed E-state index contributed by atoms with van der Waals surface area (Å²) >= 11 is 1.58. The van der Waals surface area contributed by atoms with E-state index in [-0.39, 0.29) is 11.2 Å². The third-order valence-corrected chi connectivity index (χ3v) is 11.7. The maximum atomic E-state index is 12.5. The highest BCUT2D eigenvalue weighted by Crippen LogP contribution is 2.51. The van der Waals surface area contributed by atoms with Crippen molar-refractivity contribution in [1.29, 1.82) is 0 Å². The Morgan fingerprint density at radius 1 is 1.21 bits per heavy atom. The summed E-state index contributed by atoms with van der Waals surface area (Å²) in [6.45, 7) is 16.3. The number of hydrogen-bond donors (Lipinski definition) is 0. The van der Waals surface area contributed by atoms with E-state index >= 15 is 0 Å². The summed E-state index contributed by atoms with van der Waals surface area (Å²) in [7, 11) is -4.80. The minimum Gasteiger partial charge on any atom is -0.416 e. The largest absolute Gasteiger partial charge is 0.416 e. The van der Waals surface area contributed by atoms with Gasteiger partial charge in [0.2, 0.25) is 0 Å². The SMILES string of the molecule is CCOP(=O)(Cc1csc(CCO[Si](C)(C)C(C)(C)C)n1)OCC. The van der Waals surface area contributed by atoms with Crippen LogP contribution in [0.1, 0.15) is 45.3 Å². The maximum Gasteiger partial charge on any atom is 0.336 e. The second-order valence-corrected chi connectivity index (χ2v) is 15.0. The highest BCUT2D eigenvalue weighted by molar-refractivity contribution is 7.53. The Morgan fingerprint density at radius 3 is 2.29 bits per heavy atom. The van der Waals surface area contributed by atoms with Crippen molar-refractivity contribution in [1.82, 2.24) is 4.98 Å². The molecule has 0 bridgehead atoms. The van der Waals surface area contributed by atoms with E-state index in [1.165, 1.54) is 0 Å². The van der Waals surface area contributed by atoms with Crippen LogP contribution in [0.5, 0.6) is 0 Å². The first-order valence-electron chi connectivity index (χ1n) is 8.48. The van der Waals surface area contributed by atoms with Crippen molar-refractivity contribution in [2.45, 2.75) is 65.3 Å². The summed E-state index contributed by atoms with van der Waals surface area (Å²) in [6.07, 6.45) is 1.01. The molecule has 1 rings (SSSR count). The van der Waals surface area contributed by atoms with Crippen molar-refractivity contribution in [3.05, 3.63) is 16.1 Å². The van der Waals surface area contributed by atoms with Gasteiger partial charge < -0.3 is 13.5 Å². The predicted molar refractivity (Wildman–Crippen MR) is 104 cm³/mol. The lowest BCUT2D eigenvalue weighted by atomic mass is 10.2. The van der Waals surface area contributed by atoms with Crippen LogP contribution in [0.3, 0.4) is 0 Å². The number of rotatable bonds is 10. The van der Waals surface area contributed by atoms with Crippen LogP contribution in [0.4, 0.5) is 0 Å². The normalized spacial score (nSPS) is 13.5. The van der Waals surface area contributed by atoms with Gasteiger partial charge in [0.1, 0.15) is 0 Å². The molecule has 0 spiro atoms. The van der Waals surface area contributed by atoms with Gasteiger partial charge in [-0.2, -0.15) is 0 Å². The zero-order valence-corrected chi connectivity index (χ0v) is 18.8. The molecule has 0 aliphatic carbocycles. The van der Waals surface area contributed by atoms with Crippen LogP contribution in [0.2, 0.25) is 18.1 Å². The van der Waals surface area contributed by atoms with Crippen LogP contribution < -0.4 is 0 Å². The lowest BCUT2D eigenvalue weighted by molar-refractivity contribution is 0.219. The standard InChI is InChI=1S/C16H32NO4PSSi/c1-8-19-22(18,20-9-2)12-14-13-23-15(17-14)10-11-21-24(6,7)16(3,4)5/h13H,8-12H2,1-7H3. The molecular weight excluding hydrogens is 361 g/mol. The van der Waals surface area contributed by atoms with Gasteiger partial charge in [0, 0.05) is 18.4 Å². The fourth-order valence-corrected chi connectivity index (χ4v) is 5.42. The summed E-state index contributed by atoms with van der Waals surface area (Å²) in [5.74, 6) is 0. The van der Waals surface area contributed by atoms with Crippen molar-refractivity contribution in [3.8, 4) is 0 Å². The van der Waals surface area contributed by atoms with E-state index in [4.69, 9.17) is 13.5 Å². The molecule has 5 nitrogen and oxygen atoms in total. The van der Waals surface area contributed by atoms with E-state index in [0.29, 0.717) is 19.8 Å². The Balaban J connectivity index is 2.59. The fraction of sp³-hybridized carbons (Fsp3) is 0.812. The van der Waals surface area contributed by atoms with Crippen molar-refractivity contribution >= 4 is 27.2 Å². The molecule has 0 saturated heterocycles. The maximum absolute atomic E-state index is 12.5. The third kappa shape index (κ3) is 6.69. The van der Waals surface area contributed by atoms with Gasteiger partial charge in [-0.05, 0) is 32.0 Å². The second-order valence-electron chi connectivity index (χ2n) is 7.20. The van der Waals surface area contributed by atoms with E-state index < -0.39 is 15.9 Å². The monoisotopic (exact) mass is 393 g/mol. The number of aromatic nitrogens is 1. The van der Waals surface area contributed by atoms with Crippen molar-refractivity contribution in [2.75, 3.05) is 19.8 Å². The van der Waals surface area contributed by atoms with Gasteiger partial charge >= 0.3 is 7.60 Å². The van der Waals surface area contributed by atoms with Crippen LogP contribution in [-0.4, -0.2) is 33.1 Å². The molecule has 1 heterocycles. The van der Waals surface area contributed by atoms with Crippen LogP contribution in [-0.2, 0) is 30.6 Å². The summed E-state index contributed by atoms with van der Waals surface area (Å²) in [6, 6.07) is 0. The summed E-state index contributed by atoms with van der Waals surface area (Å²) in [5, 5.41) is 3.15. The first-order valence-corrected chi connectivity index (χ1v) is 14.0. The molecule has 24 heavy (non-hydrogen) atoms. The molecule has 140 valence electrons. The highest BCUT2D eigenvalue weighted by atomic mass is 32.1. The van der Waals surface area contributed by atoms with Gasteiger partial charge in [-0.25, -0.2) is 4.98 Å². The average molecular weight is 394 g/mol. The molecule has 1 aromatic rings. The third-order valence-electron chi connectivity index (χ3n) is 4.19. The van der Waals surface area contributed by atoms with E-state index in [1.54, 1.807) is 11.3 Å². The molecule has 0 atom stereocenters. The minimum absolute atomic E-state index is 0.211. The molecule has 0 aliphatic rings. The Bertz CT molecular complexity index is 547. The molecule has 0 amide bonds. The van der Waals surface area contributed by atoms with Crippen LogP contribution >= 0.6 is 18.9 Å². The van der Waals surface area contributed by atoms with Crippen molar-refractivity contribution in [2.24, 2.45) is 0 Å². The molecule has 0 unspecified atom stereocenters. The van der Waals surface area contributed by atoms with Gasteiger partial charge in [0.15, 0.2) is 8.32 Å². The van der Waals surface area contributed by atoms with Gasteiger partial charge in [-0.3, -0.25) is 4.57 Å². The summed E-state index contributed by atoms with van der Waals surface area (Å²) in [5.41, 5.74) is 0.771. The first-order chi connectivity index (χ1) is 11.0. The van der Waals surface area contributed by atoms with Gasteiger partial charge in [0.25, 0.3) is 0 Å². The Hall–Kier alpha value is -0.0431. The lowest BCUT2D eigenvalue weighted by Gasteiger charge is -2.36. The Labute approximate surface area is 151 Å². The van der Waals surface area contributed by atoms with Gasteiger partial charge in [0.05, 0.1) is 30.1 Å². The molecule has 0 N–H and O–H groups in total. The fourth-order valence-electron chi connectivity index (χ4n) is 1.87. The van der Waals surface area contributed by atoms with Crippen LogP contribution in [0.15, 0.2) is 5.38 Å². The van der Waals surface area contributed by atoms with Crippen LogP contribution in [0.25, 0.3) is 0 Å². The van der Waals surface area contributed by atoms with Crippen molar-refractivity contribution in [3.63, 3.8) is 0 Å². The number of hydrogen-bond acceptors (Lipinski definition) is 6. The van der Waals surface area contributed by atoms with E-state index in [1.807, 2.05) is 19.2 Å². The molecular formula is C16H32NO4PSSi. The average Bonchev–Trinajstić information content (AvgIpc) is 2.84. The molecule has 0 radical (unpaired) electrons. The quantitative estimate of drug-likeness (QED) is 0.389. The predicted octanol–water partition coefficient (Wildman–Crippen LogP) is 5.47. The van der Waals surface area contributed by atoms with E-state index in [2.05, 4.69) is 38.8 Å². The molecule has 0 aliphatic heterocycles. The molecule has 1 aromatic heterocycles. The zero-order valence-electron chi connectivity index (χ0n) is 16.0. The first kappa shape index (κ1) is 22.0. The second kappa shape index (κ2) is 9.06. The Kier molecular flexibility index (Phi) is 8.30.